The summed E-state index contributed by atoms with van der Waals surface area (Å²) in [6.07, 6.45) is 1.51. The maximum Gasteiger partial charge on any atom is 0.248 e. The number of rotatable bonds is 9. The van der Waals surface area contributed by atoms with E-state index >= 15 is 0 Å². The molecule has 8 atom stereocenters. The molecule has 220 valence electrons. The lowest BCUT2D eigenvalue weighted by Gasteiger charge is -2.41. The second-order valence-electron chi connectivity index (χ2n) is 12.2. The van der Waals surface area contributed by atoms with Crippen molar-refractivity contribution in [3.8, 4) is 0 Å². The molecule has 3 N–H and O–H groups in total. The van der Waals surface area contributed by atoms with Gasteiger partial charge in [0.2, 0.25) is 17.7 Å². The van der Waals surface area contributed by atoms with Crippen LogP contribution < -0.4 is 10.6 Å². The largest absolute Gasteiger partial charge is 0.394 e. The lowest BCUT2D eigenvalue weighted by Crippen LogP contribution is -2.58. The number of aliphatic hydroxyl groups excluding tert-OH is 1. The SMILES string of the molecule is CC[C@H](C)[C@H](CO)N1C(=O)[C@@H]2[C@@H](C(=O)NCc3ccccc3)[C@H]3CC(C)C2(S3)C1C(=O)Nc1ccc2ccccc2c1. The van der Waals surface area contributed by atoms with Crippen LogP contribution in [-0.2, 0) is 20.9 Å². The van der Waals surface area contributed by atoms with Gasteiger partial charge in [0, 0.05) is 17.5 Å². The van der Waals surface area contributed by atoms with Crippen molar-refractivity contribution >= 4 is 45.9 Å². The van der Waals surface area contributed by atoms with Crippen molar-refractivity contribution in [1.82, 2.24) is 10.2 Å². The van der Waals surface area contributed by atoms with Gasteiger partial charge in [-0.2, -0.15) is 0 Å². The molecule has 3 heterocycles. The van der Waals surface area contributed by atoms with E-state index in [1.54, 1.807) is 16.7 Å². The van der Waals surface area contributed by atoms with Crippen molar-refractivity contribution in [3.05, 3.63) is 78.4 Å². The average Bonchev–Trinajstić information content (AvgIpc) is 3.60. The van der Waals surface area contributed by atoms with Crippen LogP contribution in [0.4, 0.5) is 5.69 Å². The molecule has 0 aromatic heterocycles. The van der Waals surface area contributed by atoms with Crippen LogP contribution in [0.25, 0.3) is 10.8 Å². The van der Waals surface area contributed by atoms with Gasteiger partial charge in [-0.1, -0.05) is 87.9 Å². The Morgan fingerprint density at radius 3 is 2.48 bits per heavy atom. The van der Waals surface area contributed by atoms with Gasteiger partial charge in [0.25, 0.3) is 0 Å². The first kappa shape index (κ1) is 28.7. The topological polar surface area (TPSA) is 98.7 Å². The Balaban J connectivity index is 1.36. The number of nitrogens with zero attached hydrogens (tertiary/aromatic N) is 1. The fourth-order valence-corrected chi connectivity index (χ4v) is 10.0. The highest BCUT2D eigenvalue weighted by atomic mass is 32.2. The lowest BCUT2D eigenvalue weighted by atomic mass is 9.66. The third kappa shape index (κ3) is 4.60. The van der Waals surface area contributed by atoms with Crippen molar-refractivity contribution in [1.29, 1.82) is 0 Å². The molecule has 42 heavy (non-hydrogen) atoms. The van der Waals surface area contributed by atoms with Gasteiger partial charge in [-0.15, -0.1) is 11.8 Å². The quantitative estimate of drug-likeness (QED) is 0.334. The normalized spacial score (nSPS) is 29.4. The Bertz CT molecular complexity index is 1500. The van der Waals surface area contributed by atoms with E-state index in [1.165, 1.54) is 0 Å². The summed E-state index contributed by atoms with van der Waals surface area (Å²) in [5, 5.41) is 18.9. The second-order valence-corrected chi connectivity index (χ2v) is 13.7. The van der Waals surface area contributed by atoms with E-state index in [1.807, 2.05) is 86.6 Å². The van der Waals surface area contributed by atoms with E-state index in [0.29, 0.717) is 12.2 Å². The number of carbonyl (C=O) groups excluding carboxylic acids is 3. The maximum atomic E-state index is 14.5. The third-order valence-electron chi connectivity index (χ3n) is 9.91. The number of likely N-dealkylation sites (tertiary alicyclic amines) is 1. The first-order chi connectivity index (χ1) is 20.3. The van der Waals surface area contributed by atoms with Crippen LogP contribution in [-0.4, -0.2) is 56.4 Å². The zero-order chi connectivity index (χ0) is 29.6. The summed E-state index contributed by atoms with van der Waals surface area (Å²) in [4.78, 5) is 44.4. The van der Waals surface area contributed by atoms with E-state index in [2.05, 4.69) is 17.6 Å². The first-order valence-corrected chi connectivity index (χ1v) is 15.9. The zero-order valence-corrected chi connectivity index (χ0v) is 25.1. The Kier molecular flexibility index (Phi) is 7.79. The van der Waals surface area contributed by atoms with Gasteiger partial charge < -0.3 is 20.6 Å². The number of nitrogens with one attached hydrogen (secondary N) is 2. The molecule has 0 radical (unpaired) electrons. The van der Waals surface area contributed by atoms with Crippen molar-refractivity contribution in [3.63, 3.8) is 0 Å². The Hall–Kier alpha value is -3.36. The highest BCUT2D eigenvalue weighted by Crippen LogP contribution is 2.69. The van der Waals surface area contributed by atoms with Crippen molar-refractivity contribution in [2.75, 3.05) is 11.9 Å². The zero-order valence-electron chi connectivity index (χ0n) is 24.3. The molecule has 0 aliphatic carbocycles. The van der Waals surface area contributed by atoms with Crippen molar-refractivity contribution in [2.24, 2.45) is 23.7 Å². The molecule has 3 aliphatic heterocycles. The highest BCUT2D eigenvalue weighted by Gasteiger charge is 2.76. The predicted octanol–water partition coefficient (Wildman–Crippen LogP) is 4.84. The minimum absolute atomic E-state index is 0.0204. The van der Waals surface area contributed by atoms with E-state index in [9.17, 15) is 19.5 Å². The lowest BCUT2D eigenvalue weighted by molar-refractivity contribution is -0.143. The Morgan fingerprint density at radius 1 is 1.05 bits per heavy atom. The number of carbonyl (C=O) groups is 3. The molecular weight excluding hydrogens is 546 g/mol. The molecule has 1 spiro atoms. The summed E-state index contributed by atoms with van der Waals surface area (Å²) < 4.78 is -0.752. The minimum Gasteiger partial charge on any atom is -0.394 e. The van der Waals surface area contributed by atoms with Gasteiger partial charge in [0.15, 0.2) is 0 Å². The average molecular weight is 586 g/mol. The minimum atomic E-state index is -0.801. The molecule has 6 rings (SSSR count). The van der Waals surface area contributed by atoms with E-state index in [-0.39, 0.29) is 41.4 Å². The number of thioether (sulfide) groups is 1. The fraction of sp³-hybridized carbons (Fsp3) is 0.441. The van der Waals surface area contributed by atoms with Crippen LogP contribution in [0.1, 0.15) is 39.2 Å². The van der Waals surface area contributed by atoms with Gasteiger partial charge in [0.1, 0.15) is 6.04 Å². The molecule has 3 saturated heterocycles. The number of hydrogen-bond acceptors (Lipinski definition) is 5. The highest BCUT2D eigenvalue weighted by molar-refractivity contribution is 8.02. The number of hydrogen-bond donors (Lipinski definition) is 3. The number of anilines is 1. The van der Waals surface area contributed by atoms with Crippen molar-refractivity contribution in [2.45, 2.75) is 62.2 Å². The molecule has 3 fully saturated rings. The molecule has 3 unspecified atom stereocenters. The molecule has 3 amide bonds. The smallest absolute Gasteiger partial charge is 0.248 e. The monoisotopic (exact) mass is 585 g/mol. The third-order valence-corrected chi connectivity index (χ3v) is 12.0. The summed E-state index contributed by atoms with van der Waals surface area (Å²) in [6.45, 7) is 6.30. The first-order valence-electron chi connectivity index (χ1n) is 15.0. The van der Waals surface area contributed by atoms with E-state index in [0.717, 1.165) is 29.2 Å². The molecule has 3 aromatic carbocycles. The van der Waals surface area contributed by atoms with Crippen LogP contribution in [0.5, 0.6) is 0 Å². The van der Waals surface area contributed by atoms with E-state index < -0.39 is 28.7 Å². The van der Waals surface area contributed by atoms with Crippen LogP contribution >= 0.6 is 11.8 Å². The summed E-state index contributed by atoms with van der Waals surface area (Å²) in [6, 6.07) is 22.2. The van der Waals surface area contributed by atoms with Crippen LogP contribution in [0.3, 0.4) is 0 Å². The molecule has 8 heteroatoms. The number of benzene rings is 3. The van der Waals surface area contributed by atoms with Crippen LogP contribution in [0.2, 0.25) is 0 Å². The number of amides is 3. The van der Waals surface area contributed by atoms with Gasteiger partial charge in [-0.05, 0) is 46.7 Å². The Morgan fingerprint density at radius 2 is 1.76 bits per heavy atom. The van der Waals surface area contributed by atoms with Crippen LogP contribution in [0, 0.1) is 23.7 Å². The summed E-state index contributed by atoms with van der Waals surface area (Å²) >= 11 is 1.65. The molecule has 3 aliphatic rings. The summed E-state index contributed by atoms with van der Waals surface area (Å²) in [5.74, 6) is -1.70. The predicted molar refractivity (Wildman–Crippen MR) is 167 cm³/mol. The Labute approximate surface area is 251 Å². The number of aliphatic hydroxyl groups is 1. The summed E-state index contributed by atoms with van der Waals surface area (Å²) in [5.41, 5.74) is 1.66. The van der Waals surface area contributed by atoms with Gasteiger partial charge in [-0.3, -0.25) is 14.4 Å². The fourth-order valence-electron chi connectivity index (χ4n) is 7.61. The molecule has 2 bridgehead atoms. The van der Waals surface area contributed by atoms with Crippen LogP contribution in [0.15, 0.2) is 72.8 Å². The standard InChI is InChI=1S/C34H39N3O4S/c1-4-20(2)26(19-38)37-30(32(40)36-25-15-14-23-12-8-9-13-24(23)17-25)34-21(3)16-27(42-34)28(29(34)33(37)41)31(39)35-18-22-10-6-5-7-11-22/h5-15,17,20-21,26-30,38H,4,16,18-19H2,1-3H3,(H,35,39)(H,36,40)/t20-,21?,26-,27+,28-,29-,30?,34?/m0/s1. The maximum absolute atomic E-state index is 14.5. The van der Waals surface area contributed by atoms with Gasteiger partial charge >= 0.3 is 0 Å². The number of fused-ring (bicyclic) bond motifs is 2. The molecular formula is C34H39N3O4S. The van der Waals surface area contributed by atoms with Gasteiger partial charge in [0.05, 0.1) is 29.2 Å². The molecule has 3 aromatic rings. The second kappa shape index (κ2) is 11.4. The van der Waals surface area contributed by atoms with Gasteiger partial charge in [-0.25, -0.2) is 0 Å². The van der Waals surface area contributed by atoms with E-state index in [4.69, 9.17) is 0 Å². The summed E-state index contributed by atoms with van der Waals surface area (Å²) in [7, 11) is 0. The van der Waals surface area contributed by atoms with Crippen molar-refractivity contribution < 1.29 is 19.5 Å². The molecule has 7 nitrogen and oxygen atoms in total. The molecule has 0 saturated carbocycles.